The Morgan fingerprint density at radius 3 is 2.43 bits per heavy atom. The van der Waals surface area contributed by atoms with E-state index in [-0.39, 0.29) is 13.0 Å². The van der Waals surface area contributed by atoms with Crippen LogP contribution in [0.1, 0.15) is 43.1 Å². The second-order valence-electron chi connectivity index (χ2n) is 6.20. The average Bonchev–Trinajstić information content (AvgIpc) is 2.36. The molecule has 1 aromatic carbocycles. The fourth-order valence-electron chi connectivity index (χ4n) is 2.35. The van der Waals surface area contributed by atoms with Gasteiger partial charge in [0, 0.05) is 11.6 Å². The molecule has 118 valence electrons. The molecule has 1 aromatic rings. The third-order valence-corrected chi connectivity index (χ3v) is 3.49. The van der Waals surface area contributed by atoms with E-state index in [4.69, 9.17) is 5.11 Å². The van der Waals surface area contributed by atoms with Gasteiger partial charge >= 0.3 is 5.97 Å². The highest BCUT2D eigenvalue weighted by molar-refractivity contribution is 5.67. The summed E-state index contributed by atoms with van der Waals surface area (Å²) in [4.78, 5) is 11.0. The van der Waals surface area contributed by atoms with Gasteiger partial charge in [0.15, 0.2) is 0 Å². The van der Waals surface area contributed by atoms with Gasteiger partial charge in [-0.3, -0.25) is 4.79 Å². The van der Waals surface area contributed by atoms with Crippen molar-refractivity contribution in [2.75, 3.05) is 6.61 Å². The molecule has 0 spiro atoms. The van der Waals surface area contributed by atoms with E-state index in [9.17, 15) is 15.0 Å². The topological polar surface area (TPSA) is 89.8 Å². The van der Waals surface area contributed by atoms with Crippen LogP contribution in [-0.2, 0) is 4.79 Å². The lowest BCUT2D eigenvalue weighted by atomic mass is 9.92. The van der Waals surface area contributed by atoms with Crippen LogP contribution in [0.3, 0.4) is 0 Å². The first-order valence-corrected chi connectivity index (χ1v) is 7.02. The van der Waals surface area contributed by atoms with Crippen LogP contribution in [0, 0.1) is 13.8 Å². The number of aliphatic carboxylic acids is 1. The zero-order chi connectivity index (χ0) is 16.2. The first-order chi connectivity index (χ1) is 9.66. The highest BCUT2D eigenvalue weighted by atomic mass is 16.4. The maximum atomic E-state index is 11.0. The molecule has 5 heteroatoms. The summed E-state index contributed by atoms with van der Waals surface area (Å²) in [5.74, 6) is -0.995. The number of aliphatic hydroxyl groups is 2. The first-order valence-electron chi connectivity index (χ1n) is 7.02. The quantitative estimate of drug-likeness (QED) is 0.613. The van der Waals surface area contributed by atoms with Crippen molar-refractivity contribution in [3.05, 3.63) is 34.9 Å². The third kappa shape index (κ3) is 5.12. The minimum Gasteiger partial charge on any atom is -0.481 e. The summed E-state index contributed by atoms with van der Waals surface area (Å²) in [5.41, 5.74) is 2.04. The lowest BCUT2D eigenvalue weighted by molar-refractivity contribution is -0.138. The van der Waals surface area contributed by atoms with Crippen LogP contribution in [-0.4, -0.2) is 39.5 Å². The lowest BCUT2D eigenvalue weighted by Crippen LogP contribution is -2.51. The van der Waals surface area contributed by atoms with Crippen molar-refractivity contribution in [2.45, 2.75) is 51.8 Å². The average molecular weight is 295 g/mol. The van der Waals surface area contributed by atoms with Gasteiger partial charge in [0.1, 0.15) is 0 Å². The molecule has 2 atom stereocenters. The number of hydrogen-bond donors (Lipinski definition) is 4. The van der Waals surface area contributed by atoms with Gasteiger partial charge in [-0.2, -0.15) is 0 Å². The van der Waals surface area contributed by atoms with Crippen molar-refractivity contribution >= 4 is 5.97 Å². The molecule has 0 amide bonds. The van der Waals surface area contributed by atoms with E-state index in [0.29, 0.717) is 5.56 Å². The van der Waals surface area contributed by atoms with Crippen LogP contribution in [0.5, 0.6) is 0 Å². The molecule has 2 unspecified atom stereocenters. The van der Waals surface area contributed by atoms with Gasteiger partial charge in [0.25, 0.3) is 0 Å². The molecule has 21 heavy (non-hydrogen) atoms. The van der Waals surface area contributed by atoms with Crippen LogP contribution in [0.15, 0.2) is 18.2 Å². The van der Waals surface area contributed by atoms with E-state index in [1.54, 1.807) is 13.8 Å². The highest BCUT2D eigenvalue weighted by Crippen LogP contribution is 2.25. The fourth-order valence-corrected chi connectivity index (χ4v) is 2.35. The molecule has 1 rings (SSSR count). The van der Waals surface area contributed by atoms with Gasteiger partial charge in [-0.1, -0.05) is 23.8 Å². The van der Waals surface area contributed by atoms with Gasteiger partial charge < -0.3 is 20.6 Å². The molecule has 0 bridgehead atoms. The molecular formula is C16H25NO4. The monoisotopic (exact) mass is 295 g/mol. The van der Waals surface area contributed by atoms with E-state index in [1.807, 2.05) is 32.0 Å². The normalized spacial score (nSPS) is 14.8. The standard InChI is InChI=1S/C16H25NO4/c1-10-5-6-12(11(2)7-10)15(21)13(8-14(19)20)17-16(3,4)9-18/h5-7,13,15,17-18,21H,8-9H2,1-4H3,(H,19,20). The summed E-state index contributed by atoms with van der Waals surface area (Å²) < 4.78 is 0. The van der Waals surface area contributed by atoms with Crippen LogP contribution in [0.4, 0.5) is 0 Å². The zero-order valence-corrected chi connectivity index (χ0v) is 13.1. The SMILES string of the molecule is Cc1ccc(C(O)C(CC(=O)O)NC(C)(C)CO)c(C)c1. The van der Waals surface area contributed by atoms with E-state index in [2.05, 4.69) is 5.32 Å². The Bertz CT molecular complexity index is 499. The Morgan fingerprint density at radius 1 is 1.33 bits per heavy atom. The Labute approximate surface area is 125 Å². The third-order valence-electron chi connectivity index (χ3n) is 3.49. The molecule has 0 aliphatic carbocycles. The largest absolute Gasteiger partial charge is 0.481 e. The van der Waals surface area contributed by atoms with E-state index < -0.39 is 23.7 Å². The first kappa shape index (κ1) is 17.6. The zero-order valence-electron chi connectivity index (χ0n) is 13.1. The highest BCUT2D eigenvalue weighted by Gasteiger charge is 2.30. The van der Waals surface area contributed by atoms with E-state index in [1.165, 1.54) is 0 Å². The van der Waals surface area contributed by atoms with Gasteiger partial charge in [0.2, 0.25) is 0 Å². The van der Waals surface area contributed by atoms with Crippen molar-refractivity contribution in [3.63, 3.8) is 0 Å². The summed E-state index contributed by atoms with van der Waals surface area (Å²) in [6.45, 7) is 7.22. The van der Waals surface area contributed by atoms with Crippen LogP contribution >= 0.6 is 0 Å². The maximum Gasteiger partial charge on any atom is 0.305 e. The van der Waals surface area contributed by atoms with Gasteiger partial charge in [-0.25, -0.2) is 0 Å². The molecule has 0 aliphatic rings. The minimum atomic E-state index is -0.995. The van der Waals surface area contributed by atoms with Crippen molar-refractivity contribution in [3.8, 4) is 0 Å². The number of carbonyl (C=O) groups is 1. The second kappa shape index (κ2) is 7.02. The molecule has 0 saturated carbocycles. The van der Waals surface area contributed by atoms with Crippen LogP contribution in [0.25, 0.3) is 0 Å². The van der Waals surface area contributed by atoms with E-state index in [0.717, 1.165) is 11.1 Å². The smallest absolute Gasteiger partial charge is 0.305 e. The number of hydrogen-bond acceptors (Lipinski definition) is 4. The van der Waals surface area contributed by atoms with Gasteiger partial charge in [0.05, 0.1) is 19.1 Å². The molecule has 0 saturated heterocycles. The predicted octanol–water partition coefficient (Wildman–Crippen LogP) is 1.54. The summed E-state index contributed by atoms with van der Waals surface area (Å²) in [7, 11) is 0. The molecular weight excluding hydrogens is 270 g/mol. The maximum absolute atomic E-state index is 11.0. The molecule has 0 radical (unpaired) electrons. The summed E-state index contributed by atoms with van der Waals surface area (Å²) in [6, 6.07) is 4.98. The van der Waals surface area contributed by atoms with Crippen LogP contribution < -0.4 is 5.32 Å². The predicted molar refractivity (Wildman–Crippen MR) is 81.2 cm³/mol. The number of nitrogens with one attached hydrogen (secondary N) is 1. The van der Waals surface area contributed by atoms with Gasteiger partial charge in [-0.15, -0.1) is 0 Å². The van der Waals surface area contributed by atoms with E-state index >= 15 is 0 Å². The molecule has 4 N–H and O–H groups in total. The number of aliphatic hydroxyl groups excluding tert-OH is 2. The number of rotatable bonds is 7. The Kier molecular flexibility index (Phi) is 5.89. The Balaban J connectivity index is 3.04. The molecule has 0 fully saturated rings. The fraction of sp³-hybridized carbons (Fsp3) is 0.562. The lowest BCUT2D eigenvalue weighted by Gasteiger charge is -2.33. The van der Waals surface area contributed by atoms with Crippen molar-refractivity contribution < 1.29 is 20.1 Å². The van der Waals surface area contributed by atoms with Crippen LogP contribution in [0.2, 0.25) is 0 Å². The molecule has 0 aliphatic heterocycles. The Hall–Kier alpha value is -1.43. The second-order valence-corrected chi connectivity index (χ2v) is 6.20. The minimum absolute atomic E-state index is 0.150. The number of carboxylic acids is 1. The molecule has 5 nitrogen and oxygen atoms in total. The van der Waals surface area contributed by atoms with Gasteiger partial charge in [-0.05, 0) is 38.8 Å². The summed E-state index contributed by atoms with van der Waals surface area (Å²) in [5, 5.41) is 32.0. The van der Waals surface area contributed by atoms with Crippen molar-refractivity contribution in [1.82, 2.24) is 5.32 Å². The number of benzene rings is 1. The summed E-state index contributed by atoms with van der Waals surface area (Å²) in [6.07, 6.45) is -1.18. The Morgan fingerprint density at radius 2 is 1.95 bits per heavy atom. The number of aryl methyl sites for hydroxylation is 2. The molecule has 0 heterocycles. The van der Waals surface area contributed by atoms with Crippen molar-refractivity contribution in [1.29, 1.82) is 0 Å². The molecule has 0 aromatic heterocycles. The number of carboxylic acid groups (broad SMARTS) is 1. The van der Waals surface area contributed by atoms with Crippen molar-refractivity contribution in [2.24, 2.45) is 0 Å². The summed E-state index contributed by atoms with van der Waals surface area (Å²) >= 11 is 0.